The van der Waals surface area contributed by atoms with Crippen molar-refractivity contribution >= 4 is 17.8 Å². The lowest BCUT2D eigenvalue weighted by molar-refractivity contribution is -0.177. The predicted octanol–water partition coefficient (Wildman–Crippen LogP) is 4.32. The van der Waals surface area contributed by atoms with E-state index in [-0.39, 0.29) is 47.3 Å². The number of carbonyl (C=O) groups is 3. The second-order valence-electron chi connectivity index (χ2n) is 13.3. The van der Waals surface area contributed by atoms with Gasteiger partial charge in [-0.1, -0.05) is 0 Å². The summed E-state index contributed by atoms with van der Waals surface area (Å²) < 4.78 is 25.9. The number of hydrogen-bond donors (Lipinski definition) is 3. The zero-order valence-electron chi connectivity index (χ0n) is 23.0. The molecule has 1 aromatic rings. The third kappa shape index (κ3) is 4.45. The zero-order valence-corrected chi connectivity index (χ0v) is 23.0. The molecule has 9 heteroatoms. The van der Waals surface area contributed by atoms with Gasteiger partial charge in [0.1, 0.15) is 17.2 Å². The van der Waals surface area contributed by atoms with E-state index in [0.29, 0.717) is 62.0 Å². The molecule has 6 fully saturated rings. The summed E-state index contributed by atoms with van der Waals surface area (Å²) in [7, 11) is 1.52. The second-order valence-corrected chi connectivity index (χ2v) is 13.3. The highest BCUT2D eigenvalue weighted by Gasteiger charge is 2.70. The number of nitrogens with one attached hydrogen (secondary N) is 2. The molecular formula is C30H39FN2O6. The van der Waals surface area contributed by atoms with E-state index < -0.39 is 17.1 Å². The van der Waals surface area contributed by atoms with Crippen molar-refractivity contribution in [2.45, 2.75) is 101 Å². The van der Waals surface area contributed by atoms with Gasteiger partial charge in [-0.3, -0.25) is 14.4 Å². The number of halogens is 1. The molecule has 0 aliphatic heterocycles. The van der Waals surface area contributed by atoms with Gasteiger partial charge < -0.3 is 25.2 Å². The van der Waals surface area contributed by atoms with Crippen molar-refractivity contribution < 1.29 is 33.4 Å². The van der Waals surface area contributed by atoms with Gasteiger partial charge in [0, 0.05) is 30.8 Å². The lowest BCUT2D eigenvalue weighted by Gasteiger charge is -2.66. The van der Waals surface area contributed by atoms with Crippen LogP contribution < -0.4 is 20.1 Å². The van der Waals surface area contributed by atoms with E-state index in [0.717, 1.165) is 24.8 Å². The first kappa shape index (κ1) is 26.4. The summed E-state index contributed by atoms with van der Waals surface area (Å²) in [5.41, 5.74) is -1.00. The molecule has 0 heterocycles. The van der Waals surface area contributed by atoms with Crippen molar-refractivity contribution in [1.82, 2.24) is 10.6 Å². The first-order chi connectivity index (χ1) is 18.4. The number of rotatable bonds is 8. The summed E-state index contributed by atoms with van der Waals surface area (Å²) in [4.78, 5) is 38.6. The van der Waals surface area contributed by atoms with Gasteiger partial charge in [0.05, 0.1) is 30.1 Å². The minimum absolute atomic E-state index is 0.0557. The topological polar surface area (TPSA) is 114 Å². The minimum atomic E-state index is -1.08. The number of carboxylic acid groups (broad SMARTS) is 1. The summed E-state index contributed by atoms with van der Waals surface area (Å²) in [6, 6.07) is 3.22. The van der Waals surface area contributed by atoms with Crippen LogP contribution in [0.5, 0.6) is 11.5 Å². The Hall–Kier alpha value is -2.84. The van der Waals surface area contributed by atoms with Crippen molar-refractivity contribution in [2.24, 2.45) is 23.2 Å². The molecule has 6 aliphatic rings. The maximum Gasteiger partial charge on any atom is 0.309 e. The van der Waals surface area contributed by atoms with Crippen LogP contribution in [0.4, 0.5) is 4.39 Å². The second kappa shape index (κ2) is 9.10. The van der Waals surface area contributed by atoms with Gasteiger partial charge in [0.2, 0.25) is 5.91 Å². The Morgan fingerprint density at radius 1 is 1.03 bits per heavy atom. The lowest BCUT2D eigenvalue weighted by Crippen LogP contribution is -2.77. The molecule has 0 unspecified atom stereocenters. The molecule has 0 radical (unpaired) electrons. The summed E-state index contributed by atoms with van der Waals surface area (Å²) in [6.45, 7) is 3.68. The largest absolute Gasteiger partial charge is 0.496 e. The Balaban J connectivity index is 1.16. The molecule has 3 N–H and O–H groups in total. The fraction of sp³-hybridized carbons (Fsp3) is 0.700. The molecule has 0 aromatic heterocycles. The van der Waals surface area contributed by atoms with E-state index in [9.17, 15) is 23.9 Å². The van der Waals surface area contributed by atoms with Crippen LogP contribution >= 0.6 is 0 Å². The standard InChI is InChI=1S/C30H39FN2O6/c1-16-10-22(38-3)20(12-21(16)39-19-6-8-28(2,9-7-19)27(36)37)25(34)32-24-18-5-4-17(11-18)23(24)26(35)33-30-13-29(31,14-30)15-30/h10,12,17-19,23-24H,4-9,11,13-15H2,1-3H3,(H,32,34)(H,33,35)(H,36,37)/t17-,18+,19?,23+,24-,28?,29?,30?/m1/s1. The third-order valence-electron chi connectivity index (χ3n) is 10.5. The molecule has 2 amide bonds. The Morgan fingerprint density at radius 2 is 1.69 bits per heavy atom. The molecule has 1 aromatic carbocycles. The number of benzene rings is 1. The van der Waals surface area contributed by atoms with Crippen molar-refractivity contribution in [3.05, 3.63) is 23.3 Å². The molecule has 8 nitrogen and oxygen atoms in total. The van der Waals surface area contributed by atoms with Gasteiger partial charge >= 0.3 is 5.97 Å². The molecule has 0 spiro atoms. The number of ether oxygens (including phenoxy) is 2. The van der Waals surface area contributed by atoms with Crippen LogP contribution in [-0.4, -0.2) is 53.4 Å². The lowest BCUT2D eigenvalue weighted by atomic mass is 9.47. The van der Waals surface area contributed by atoms with Gasteiger partial charge in [-0.2, -0.15) is 0 Å². The molecule has 0 saturated heterocycles. The number of hydrogen-bond acceptors (Lipinski definition) is 5. The van der Waals surface area contributed by atoms with Crippen LogP contribution in [0.1, 0.15) is 87.1 Å². The molecule has 7 rings (SSSR count). The van der Waals surface area contributed by atoms with E-state index in [2.05, 4.69) is 10.6 Å². The molecule has 4 atom stereocenters. The Bertz CT molecular complexity index is 1190. The van der Waals surface area contributed by atoms with Gasteiger partial charge in [0.25, 0.3) is 5.91 Å². The highest BCUT2D eigenvalue weighted by Crippen LogP contribution is 2.63. The molecular weight excluding hydrogens is 503 g/mol. The number of fused-ring (bicyclic) bond motifs is 2. The van der Waals surface area contributed by atoms with Gasteiger partial charge in [-0.25, -0.2) is 4.39 Å². The van der Waals surface area contributed by atoms with Crippen LogP contribution in [-0.2, 0) is 9.59 Å². The average molecular weight is 543 g/mol. The first-order valence-electron chi connectivity index (χ1n) is 14.3. The Kier molecular flexibility index (Phi) is 6.15. The molecule has 212 valence electrons. The minimum Gasteiger partial charge on any atom is -0.496 e. The number of carbonyl (C=O) groups excluding carboxylic acids is 2. The molecule has 4 bridgehead atoms. The highest BCUT2D eigenvalue weighted by molar-refractivity contribution is 5.98. The monoisotopic (exact) mass is 542 g/mol. The SMILES string of the molecule is COc1cc(C)c(OC2CCC(C)(C(=O)O)CC2)cc1C(=O)N[C@@H]1[C@H]2CC[C@H](C2)[C@@H]1C(=O)NC12CC(F)(C1)C2. The average Bonchev–Trinajstić information content (AvgIpc) is 3.46. The summed E-state index contributed by atoms with van der Waals surface area (Å²) >= 11 is 0. The van der Waals surface area contributed by atoms with Gasteiger partial charge in [-0.05, 0) is 88.3 Å². The highest BCUT2D eigenvalue weighted by atomic mass is 19.1. The number of amides is 2. The maximum absolute atomic E-state index is 14.0. The molecule has 6 aliphatic carbocycles. The maximum atomic E-state index is 14.0. The Morgan fingerprint density at radius 3 is 2.31 bits per heavy atom. The van der Waals surface area contributed by atoms with E-state index in [1.54, 1.807) is 19.1 Å². The quantitative estimate of drug-likeness (QED) is 0.451. The zero-order chi connectivity index (χ0) is 27.7. The summed E-state index contributed by atoms with van der Waals surface area (Å²) in [5.74, 6) is 0.0458. The van der Waals surface area contributed by atoms with Crippen LogP contribution in [0.3, 0.4) is 0 Å². The van der Waals surface area contributed by atoms with Gasteiger partial charge in [-0.15, -0.1) is 0 Å². The number of alkyl halides is 1. The molecule has 6 saturated carbocycles. The van der Waals surface area contributed by atoms with Crippen LogP contribution in [0, 0.1) is 30.1 Å². The number of methoxy groups -OCH3 is 1. The third-order valence-corrected chi connectivity index (χ3v) is 10.5. The van der Waals surface area contributed by atoms with E-state index >= 15 is 0 Å². The van der Waals surface area contributed by atoms with Crippen LogP contribution in [0.25, 0.3) is 0 Å². The normalized spacial score (nSPS) is 39.7. The smallest absolute Gasteiger partial charge is 0.309 e. The van der Waals surface area contributed by atoms with Crippen LogP contribution in [0.2, 0.25) is 0 Å². The summed E-state index contributed by atoms with van der Waals surface area (Å²) in [5, 5.41) is 15.8. The van der Waals surface area contributed by atoms with Gasteiger partial charge in [0.15, 0.2) is 0 Å². The predicted molar refractivity (Wildman–Crippen MR) is 140 cm³/mol. The Labute approximate surface area is 228 Å². The van der Waals surface area contributed by atoms with E-state index in [4.69, 9.17) is 9.47 Å². The first-order valence-corrected chi connectivity index (χ1v) is 14.3. The van der Waals surface area contributed by atoms with Crippen molar-refractivity contribution in [3.63, 3.8) is 0 Å². The fourth-order valence-electron chi connectivity index (χ4n) is 8.12. The van der Waals surface area contributed by atoms with Crippen molar-refractivity contribution in [2.75, 3.05) is 7.11 Å². The molecule has 39 heavy (non-hydrogen) atoms. The van der Waals surface area contributed by atoms with E-state index in [1.807, 2.05) is 6.92 Å². The van der Waals surface area contributed by atoms with Crippen LogP contribution in [0.15, 0.2) is 12.1 Å². The number of aliphatic carboxylic acids is 1. The summed E-state index contributed by atoms with van der Waals surface area (Å²) in [6.07, 6.45) is 6.30. The number of aryl methyl sites for hydroxylation is 1. The van der Waals surface area contributed by atoms with Crippen molar-refractivity contribution in [3.8, 4) is 11.5 Å². The van der Waals surface area contributed by atoms with E-state index in [1.165, 1.54) is 7.11 Å². The number of carboxylic acids is 1. The fourth-order valence-corrected chi connectivity index (χ4v) is 8.12. The van der Waals surface area contributed by atoms with Crippen molar-refractivity contribution in [1.29, 1.82) is 0 Å².